The quantitative estimate of drug-likeness (QED) is 0.200. The fourth-order valence-electron chi connectivity index (χ4n) is 13.4. The Hall–Kier alpha value is -3.11. The van der Waals surface area contributed by atoms with Gasteiger partial charge in [0, 0.05) is 42.7 Å². The molecule has 304 valence electrons. The van der Waals surface area contributed by atoms with Crippen LogP contribution in [0.5, 0.6) is 0 Å². The van der Waals surface area contributed by atoms with Crippen molar-refractivity contribution in [2.75, 3.05) is 13.1 Å². The van der Waals surface area contributed by atoms with Crippen molar-refractivity contribution in [1.29, 1.82) is 0 Å². The number of aliphatic carboxylic acids is 1. The summed E-state index contributed by atoms with van der Waals surface area (Å²) in [5, 5.41) is 22.1. The van der Waals surface area contributed by atoms with E-state index >= 15 is 0 Å². The molecule has 5 aliphatic carbocycles. The Bertz CT molecular complexity index is 1720. The predicted octanol–water partition coefficient (Wildman–Crippen LogP) is 7.12. The van der Waals surface area contributed by atoms with Crippen molar-refractivity contribution in [3.8, 4) is 0 Å². The minimum Gasteiger partial charge on any atom is -0.481 e. The van der Waals surface area contributed by atoms with E-state index in [1.54, 1.807) is 31.1 Å². The topological polar surface area (TPSA) is 160 Å². The van der Waals surface area contributed by atoms with Crippen LogP contribution in [0.3, 0.4) is 0 Å². The highest BCUT2D eigenvalue weighted by Gasteiger charge is 2.71. The monoisotopic (exact) mass is 761 g/mol. The van der Waals surface area contributed by atoms with E-state index in [1.165, 1.54) is 5.57 Å². The SMILES string of the molecule is CC(C)C1=C2[C@H]3CC[C@@H]4[C@@]5(C)CC[C@H](OC(=O)CC(C)(C)C(=O)O)C(C)(C)[C@@H]5CC[C@@]4(C)[C@]3(C)CC[C@@]2(C(O)CN(Cc2ccncc2)C(=O)CN)CC1=O. The number of amides is 1. The molecule has 1 unspecified atom stereocenters. The first-order valence-corrected chi connectivity index (χ1v) is 20.8. The fourth-order valence-corrected chi connectivity index (χ4v) is 13.4. The number of carboxylic acids is 1. The third-order valence-electron chi connectivity index (χ3n) is 16.5. The highest BCUT2D eigenvalue weighted by Crippen LogP contribution is 2.77. The van der Waals surface area contributed by atoms with Crippen molar-refractivity contribution >= 4 is 23.6 Å². The van der Waals surface area contributed by atoms with Crippen LogP contribution >= 0.6 is 0 Å². The van der Waals surface area contributed by atoms with Crippen LogP contribution in [0.25, 0.3) is 0 Å². The van der Waals surface area contributed by atoms with Crippen LogP contribution in [-0.2, 0) is 30.5 Å². The zero-order chi connectivity index (χ0) is 40.5. The number of hydrogen-bond acceptors (Lipinski definition) is 8. The number of ketones is 1. The third-order valence-corrected chi connectivity index (χ3v) is 16.5. The zero-order valence-corrected chi connectivity index (χ0v) is 34.9. The Morgan fingerprint density at radius 3 is 2.25 bits per heavy atom. The molecule has 1 amide bonds. The third kappa shape index (κ3) is 6.59. The van der Waals surface area contributed by atoms with Crippen LogP contribution in [0.1, 0.15) is 132 Å². The lowest BCUT2D eigenvalue weighted by Crippen LogP contribution is -2.66. The number of aromatic nitrogens is 1. The lowest BCUT2D eigenvalue weighted by Gasteiger charge is -2.72. The van der Waals surface area contributed by atoms with Crippen LogP contribution in [0.4, 0.5) is 0 Å². The predicted molar refractivity (Wildman–Crippen MR) is 210 cm³/mol. The summed E-state index contributed by atoms with van der Waals surface area (Å²) in [5.41, 5.74) is 6.57. The molecular formula is C45H67N3O7. The minimum atomic E-state index is -1.19. The maximum atomic E-state index is 14.2. The summed E-state index contributed by atoms with van der Waals surface area (Å²) < 4.78 is 6.16. The molecule has 9 atom stereocenters. The van der Waals surface area contributed by atoms with E-state index in [0.717, 1.165) is 56.1 Å². The smallest absolute Gasteiger partial charge is 0.309 e. The van der Waals surface area contributed by atoms with Gasteiger partial charge in [-0.3, -0.25) is 24.2 Å². The number of ether oxygens (including phenoxy) is 1. The molecule has 10 nitrogen and oxygen atoms in total. The maximum Gasteiger partial charge on any atom is 0.309 e. The Labute approximate surface area is 328 Å². The fraction of sp³-hybridized carbons (Fsp3) is 0.756. The molecule has 4 N–H and O–H groups in total. The molecule has 1 aromatic rings. The van der Waals surface area contributed by atoms with E-state index < -0.39 is 28.9 Å². The summed E-state index contributed by atoms with van der Waals surface area (Å²) in [5.74, 6) is -0.620. The van der Waals surface area contributed by atoms with Crippen molar-refractivity contribution in [1.82, 2.24) is 9.88 Å². The molecule has 6 rings (SSSR count). The summed E-state index contributed by atoms with van der Waals surface area (Å²) in [6, 6.07) is 3.73. The van der Waals surface area contributed by atoms with Crippen LogP contribution < -0.4 is 5.73 Å². The molecule has 55 heavy (non-hydrogen) atoms. The van der Waals surface area contributed by atoms with Crippen molar-refractivity contribution in [2.45, 2.75) is 145 Å². The molecule has 0 saturated heterocycles. The molecule has 0 aromatic carbocycles. The van der Waals surface area contributed by atoms with E-state index in [9.17, 15) is 29.4 Å². The molecule has 0 aliphatic heterocycles. The number of carbonyl (C=O) groups excluding carboxylic acids is 3. The second-order valence-corrected chi connectivity index (χ2v) is 20.4. The lowest BCUT2D eigenvalue weighted by atomic mass is 9.33. The molecule has 5 aliphatic rings. The number of allylic oxidation sites excluding steroid dienone is 1. The molecule has 1 aromatic heterocycles. The first kappa shape index (κ1) is 41.5. The average Bonchev–Trinajstić information content (AvgIpc) is 3.42. The van der Waals surface area contributed by atoms with Gasteiger partial charge in [0.25, 0.3) is 0 Å². The second-order valence-electron chi connectivity index (χ2n) is 20.4. The molecule has 4 saturated carbocycles. The number of aliphatic hydroxyl groups excluding tert-OH is 1. The maximum absolute atomic E-state index is 14.2. The number of carbonyl (C=O) groups is 4. The van der Waals surface area contributed by atoms with Crippen molar-refractivity contribution < 1.29 is 34.1 Å². The first-order valence-electron chi connectivity index (χ1n) is 20.8. The highest BCUT2D eigenvalue weighted by molar-refractivity contribution is 6.00. The molecule has 4 fully saturated rings. The van der Waals surface area contributed by atoms with Gasteiger partial charge in [-0.2, -0.15) is 0 Å². The van der Waals surface area contributed by atoms with E-state index in [2.05, 4.69) is 53.5 Å². The van der Waals surface area contributed by atoms with Gasteiger partial charge in [-0.05, 0) is 128 Å². The highest BCUT2D eigenvalue weighted by atomic mass is 16.5. The molecule has 1 heterocycles. The van der Waals surface area contributed by atoms with Gasteiger partial charge in [-0.25, -0.2) is 0 Å². The molecular weight excluding hydrogens is 695 g/mol. The number of Topliss-reactive ketones (excluding diaryl/α,β-unsaturated/α-hetero) is 1. The number of fused-ring (bicyclic) bond motifs is 7. The number of rotatable bonds is 11. The number of aliphatic hydroxyl groups is 1. The van der Waals surface area contributed by atoms with Crippen LogP contribution in [0, 0.1) is 56.2 Å². The largest absolute Gasteiger partial charge is 0.481 e. The van der Waals surface area contributed by atoms with E-state index in [4.69, 9.17) is 10.5 Å². The summed E-state index contributed by atoms with van der Waals surface area (Å²) in [6.45, 7) is 19.6. The standard InChI is InChI=1S/C45H67N3O7/c1-27(2)37-30(49)22-45(33(50)26-48(35(51)24-46)25-28-14-20-47-21-15-28)19-18-43(8)29(38(37)45)10-11-32-42(7)16-13-34(55-36(52)23-40(3,4)39(53)54)41(5,6)31(42)12-17-44(32,43)9/h14-15,20-21,27,29,31-34,50H,10-13,16-19,22-26,46H2,1-9H3,(H,53,54)/t29-,31+,32-,33?,34+,42+,43-,44-,45+/m1/s1. The van der Waals surface area contributed by atoms with Gasteiger partial charge >= 0.3 is 11.9 Å². The van der Waals surface area contributed by atoms with Gasteiger partial charge < -0.3 is 25.6 Å². The summed E-state index contributed by atoms with van der Waals surface area (Å²) >= 11 is 0. The number of hydrogen-bond donors (Lipinski definition) is 3. The summed E-state index contributed by atoms with van der Waals surface area (Å²) in [7, 11) is 0. The van der Waals surface area contributed by atoms with Gasteiger partial charge in [0.2, 0.25) is 5.91 Å². The Morgan fingerprint density at radius 1 is 0.964 bits per heavy atom. The van der Waals surface area contributed by atoms with Crippen LogP contribution in [-0.4, -0.2) is 69.0 Å². The van der Waals surface area contributed by atoms with Crippen molar-refractivity contribution in [3.05, 3.63) is 41.2 Å². The average molecular weight is 762 g/mol. The van der Waals surface area contributed by atoms with E-state index in [0.29, 0.717) is 24.8 Å². The Morgan fingerprint density at radius 2 is 1.64 bits per heavy atom. The van der Waals surface area contributed by atoms with E-state index in [-0.39, 0.29) is 77.2 Å². The van der Waals surface area contributed by atoms with Crippen LogP contribution in [0.2, 0.25) is 0 Å². The number of nitrogens with two attached hydrogens (primary N) is 1. The Balaban J connectivity index is 1.30. The lowest BCUT2D eigenvalue weighted by molar-refractivity contribution is -0.235. The van der Waals surface area contributed by atoms with Gasteiger partial charge in [0.15, 0.2) is 5.78 Å². The zero-order valence-electron chi connectivity index (χ0n) is 34.9. The number of esters is 1. The Kier molecular flexibility index (Phi) is 10.8. The van der Waals surface area contributed by atoms with Crippen molar-refractivity contribution in [3.63, 3.8) is 0 Å². The van der Waals surface area contributed by atoms with Gasteiger partial charge in [0.1, 0.15) is 6.10 Å². The number of carboxylic acid groups (broad SMARTS) is 1. The normalized spacial score (nSPS) is 36.0. The van der Waals surface area contributed by atoms with Crippen molar-refractivity contribution in [2.24, 2.45) is 61.9 Å². The van der Waals surface area contributed by atoms with E-state index in [1.807, 2.05) is 12.1 Å². The first-order chi connectivity index (χ1) is 25.6. The summed E-state index contributed by atoms with van der Waals surface area (Å²) in [4.78, 5) is 58.1. The molecule has 0 bridgehead atoms. The van der Waals surface area contributed by atoms with Gasteiger partial charge in [0.05, 0.1) is 24.5 Å². The minimum absolute atomic E-state index is 0.0125. The number of pyridine rings is 1. The summed E-state index contributed by atoms with van der Waals surface area (Å²) in [6.07, 6.45) is 9.58. The molecule has 0 radical (unpaired) electrons. The van der Waals surface area contributed by atoms with Gasteiger partial charge in [-0.1, -0.05) is 54.0 Å². The second kappa shape index (κ2) is 14.4. The van der Waals surface area contributed by atoms with Gasteiger partial charge in [-0.15, -0.1) is 0 Å². The molecule has 10 heteroatoms. The number of nitrogens with zero attached hydrogens (tertiary/aromatic N) is 2. The van der Waals surface area contributed by atoms with Crippen LogP contribution in [0.15, 0.2) is 35.7 Å². The molecule has 0 spiro atoms.